The van der Waals surface area contributed by atoms with E-state index in [4.69, 9.17) is 0 Å². The Morgan fingerprint density at radius 1 is 1.09 bits per heavy atom. The van der Waals surface area contributed by atoms with Crippen LogP contribution in [0.3, 0.4) is 0 Å². The van der Waals surface area contributed by atoms with Crippen molar-refractivity contribution in [3.05, 3.63) is 99.5 Å². The normalized spacial score (nSPS) is 21.4. The van der Waals surface area contributed by atoms with Gasteiger partial charge in [0.1, 0.15) is 5.82 Å². The molecule has 3 aromatic rings. The number of aryl methyl sites for hydroxylation is 1. The lowest BCUT2D eigenvalue weighted by Crippen LogP contribution is -2.38. The molecule has 5 rings (SSSR count). The van der Waals surface area contributed by atoms with Gasteiger partial charge in [-0.05, 0) is 102 Å². The van der Waals surface area contributed by atoms with Crippen molar-refractivity contribution in [3.8, 4) is 0 Å². The Labute approximate surface area is 211 Å². The summed E-state index contributed by atoms with van der Waals surface area (Å²) in [6, 6.07) is 15.2. The molecule has 1 amide bonds. The maximum Gasteiger partial charge on any atom is 0.254 e. The predicted molar refractivity (Wildman–Crippen MR) is 143 cm³/mol. The van der Waals surface area contributed by atoms with Gasteiger partial charge < -0.3 is 9.80 Å². The van der Waals surface area contributed by atoms with Gasteiger partial charge in [0.2, 0.25) is 0 Å². The monoisotopic (exact) mass is 488 g/mol. The van der Waals surface area contributed by atoms with E-state index in [0.29, 0.717) is 17.8 Å². The number of likely N-dealkylation sites (tertiary alicyclic amines) is 2. The number of rotatable bonds is 6. The Balaban J connectivity index is 1.28. The Morgan fingerprint density at radius 3 is 2.54 bits per heavy atom. The van der Waals surface area contributed by atoms with Gasteiger partial charge in [-0.3, -0.25) is 4.79 Å². The van der Waals surface area contributed by atoms with Crippen LogP contribution in [0.25, 0.3) is 6.08 Å². The van der Waals surface area contributed by atoms with E-state index < -0.39 is 0 Å². The Morgan fingerprint density at radius 2 is 1.86 bits per heavy atom. The van der Waals surface area contributed by atoms with Crippen molar-refractivity contribution < 1.29 is 9.18 Å². The molecular weight excluding hydrogens is 455 g/mol. The molecule has 2 atom stereocenters. The molecule has 5 heteroatoms. The highest BCUT2D eigenvalue weighted by atomic mass is 32.1. The zero-order chi connectivity index (χ0) is 24.4. The third-order valence-electron chi connectivity index (χ3n) is 7.88. The second kappa shape index (κ2) is 10.5. The summed E-state index contributed by atoms with van der Waals surface area (Å²) in [5.41, 5.74) is 5.38. The molecule has 0 N–H and O–H groups in total. The summed E-state index contributed by atoms with van der Waals surface area (Å²) in [7, 11) is 0. The van der Waals surface area contributed by atoms with Crippen molar-refractivity contribution in [2.45, 2.75) is 31.6 Å². The standard InChI is InChI=1S/C30H33FN2OS/c1-3-27-21(2)5-4-6-28(27)30(34)33-18-25(29(19-33)24-13-16-35-20-24)17-32-14-11-23(12-15-32)22-7-9-26(31)10-8-22/h3-10,13,16,20,23,25,29H,1,11-12,14-15,17-19H2,2H3/t25-,29+/m1/s1. The summed E-state index contributed by atoms with van der Waals surface area (Å²) in [6.07, 6.45) is 3.99. The fourth-order valence-corrected chi connectivity index (χ4v) is 6.63. The molecule has 0 radical (unpaired) electrons. The van der Waals surface area contributed by atoms with Crippen molar-refractivity contribution in [1.29, 1.82) is 0 Å². The second-order valence-electron chi connectivity index (χ2n) is 10.0. The highest BCUT2D eigenvalue weighted by Crippen LogP contribution is 2.37. The van der Waals surface area contributed by atoms with Gasteiger partial charge in [0.15, 0.2) is 0 Å². The fourth-order valence-electron chi connectivity index (χ4n) is 5.91. The number of halogens is 1. The smallest absolute Gasteiger partial charge is 0.254 e. The first kappa shape index (κ1) is 24.0. The van der Waals surface area contributed by atoms with E-state index in [9.17, 15) is 9.18 Å². The van der Waals surface area contributed by atoms with Gasteiger partial charge in [-0.25, -0.2) is 4.39 Å². The molecule has 0 saturated carbocycles. The van der Waals surface area contributed by atoms with E-state index in [0.717, 1.165) is 62.3 Å². The number of thiophene rings is 1. The molecular formula is C30H33FN2OS. The van der Waals surface area contributed by atoms with E-state index in [1.165, 1.54) is 11.1 Å². The maximum absolute atomic E-state index is 13.6. The fraction of sp³-hybridized carbons (Fsp3) is 0.367. The molecule has 0 spiro atoms. The van der Waals surface area contributed by atoms with E-state index in [-0.39, 0.29) is 11.7 Å². The topological polar surface area (TPSA) is 23.6 Å². The summed E-state index contributed by atoms with van der Waals surface area (Å²) in [6.45, 7) is 10.6. The van der Waals surface area contributed by atoms with Crippen molar-refractivity contribution >= 4 is 23.3 Å². The molecule has 35 heavy (non-hydrogen) atoms. The maximum atomic E-state index is 13.6. The number of piperidine rings is 1. The summed E-state index contributed by atoms with van der Waals surface area (Å²) < 4.78 is 13.3. The number of benzene rings is 2. The quantitative estimate of drug-likeness (QED) is 0.392. The Kier molecular flexibility index (Phi) is 7.17. The number of nitrogens with zero attached hydrogens (tertiary/aromatic N) is 2. The molecule has 2 aromatic carbocycles. The molecule has 1 aromatic heterocycles. The van der Waals surface area contributed by atoms with Gasteiger partial charge in [0.05, 0.1) is 0 Å². The molecule has 0 bridgehead atoms. The van der Waals surface area contributed by atoms with Crippen molar-refractivity contribution in [2.24, 2.45) is 5.92 Å². The van der Waals surface area contributed by atoms with Crippen LogP contribution < -0.4 is 0 Å². The second-order valence-corrected chi connectivity index (χ2v) is 10.8. The number of hydrogen-bond donors (Lipinski definition) is 0. The number of hydrogen-bond acceptors (Lipinski definition) is 3. The molecule has 2 saturated heterocycles. The summed E-state index contributed by atoms with van der Waals surface area (Å²) in [5, 5.41) is 4.38. The summed E-state index contributed by atoms with van der Waals surface area (Å²) in [4.78, 5) is 18.2. The Hall–Kier alpha value is -2.76. The lowest BCUT2D eigenvalue weighted by Gasteiger charge is -2.34. The average Bonchev–Trinajstić information content (AvgIpc) is 3.55. The minimum atomic E-state index is -0.170. The van der Waals surface area contributed by atoms with Crippen LogP contribution in [-0.4, -0.2) is 48.4 Å². The molecule has 0 aliphatic carbocycles. The van der Waals surface area contributed by atoms with Crippen LogP contribution in [0.2, 0.25) is 0 Å². The molecule has 2 aliphatic heterocycles. The summed E-state index contributed by atoms with van der Waals surface area (Å²) in [5.74, 6) is 1.21. The van der Waals surface area contributed by atoms with Gasteiger partial charge in [-0.1, -0.05) is 36.9 Å². The van der Waals surface area contributed by atoms with Gasteiger partial charge >= 0.3 is 0 Å². The molecule has 3 nitrogen and oxygen atoms in total. The van der Waals surface area contributed by atoms with Crippen LogP contribution in [-0.2, 0) is 0 Å². The van der Waals surface area contributed by atoms with Crippen LogP contribution in [0, 0.1) is 18.7 Å². The molecule has 0 unspecified atom stereocenters. The van der Waals surface area contributed by atoms with Gasteiger partial charge in [-0.2, -0.15) is 11.3 Å². The van der Waals surface area contributed by atoms with E-state index in [2.05, 4.69) is 33.2 Å². The molecule has 2 fully saturated rings. The van der Waals surface area contributed by atoms with Crippen molar-refractivity contribution in [2.75, 3.05) is 32.7 Å². The van der Waals surface area contributed by atoms with Crippen molar-refractivity contribution in [1.82, 2.24) is 9.80 Å². The molecule has 3 heterocycles. The van der Waals surface area contributed by atoms with Crippen LogP contribution in [0.1, 0.15) is 57.3 Å². The lowest BCUT2D eigenvalue weighted by molar-refractivity contribution is 0.0781. The number of carbonyl (C=O) groups is 1. The van der Waals surface area contributed by atoms with Crippen LogP contribution >= 0.6 is 11.3 Å². The first-order valence-corrected chi connectivity index (χ1v) is 13.5. The van der Waals surface area contributed by atoms with Crippen LogP contribution in [0.4, 0.5) is 4.39 Å². The minimum absolute atomic E-state index is 0.112. The van der Waals surface area contributed by atoms with E-state index in [1.807, 2.05) is 37.3 Å². The highest BCUT2D eigenvalue weighted by Gasteiger charge is 2.38. The van der Waals surface area contributed by atoms with Crippen LogP contribution in [0.15, 0.2) is 65.9 Å². The zero-order valence-corrected chi connectivity index (χ0v) is 21.1. The Bertz CT molecular complexity index is 1170. The third kappa shape index (κ3) is 5.12. The zero-order valence-electron chi connectivity index (χ0n) is 20.3. The SMILES string of the molecule is C=Cc1c(C)cccc1C(=O)N1C[C@@H](CN2CCC(c3ccc(F)cc3)CC2)[C@H](c2ccsc2)C1. The molecule has 2 aliphatic rings. The molecule has 182 valence electrons. The first-order chi connectivity index (χ1) is 17.0. The van der Waals surface area contributed by atoms with Gasteiger partial charge in [-0.15, -0.1) is 0 Å². The first-order valence-electron chi connectivity index (χ1n) is 12.5. The highest BCUT2D eigenvalue weighted by molar-refractivity contribution is 7.08. The minimum Gasteiger partial charge on any atom is -0.338 e. The third-order valence-corrected chi connectivity index (χ3v) is 8.58. The number of carbonyl (C=O) groups excluding carboxylic acids is 1. The van der Waals surface area contributed by atoms with Gasteiger partial charge in [0, 0.05) is 31.1 Å². The lowest BCUT2D eigenvalue weighted by atomic mass is 9.87. The number of amides is 1. The van der Waals surface area contributed by atoms with Gasteiger partial charge in [0.25, 0.3) is 5.91 Å². The largest absolute Gasteiger partial charge is 0.338 e. The van der Waals surface area contributed by atoms with Crippen molar-refractivity contribution in [3.63, 3.8) is 0 Å². The van der Waals surface area contributed by atoms with E-state index >= 15 is 0 Å². The summed E-state index contributed by atoms with van der Waals surface area (Å²) >= 11 is 1.73. The predicted octanol–water partition coefficient (Wildman–Crippen LogP) is 6.57. The van der Waals surface area contributed by atoms with E-state index in [1.54, 1.807) is 29.5 Å². The van der Waals surface area contributed by atoms with Crippen LogP contribution in [0.5, 0.6) is 0 Å². The average molecular weight is 489 g/mol.